The van der Waals surface area contributed by atoms with Crippen molar-refractivity contribution in [1.82, 2.24) is 4.98 Å². The lowest BCUT2D eigenvalue weighted by Gasteiger charge is -2.21. The van der Waals surface area contributed by atoms with Gasteiger partial charge in [0.05, 0.1) is 0 Å². The fourth-order valence-corrected chi connectivity index (χ4v) is 1.29. The molecule has 1 rings (SSSR count). The van der Waals surface area contributed by atoms with Crippen molar-refractivity contribution in [3.63, 3.8) is 0 Å². The van der Waals surface area contributed by atoms with Crippen molar-refractivity contribution in [2.45, 2.75) is 47.0 Å². The Hall–Kier alpha value is -0.850. The molecule has 0 aliphatic carbocycles. The summed E-state index contributed by atoms with van der Waals surface area (Å²) < 4.78 is 0. The quantitative estimate of drug-likeness (QED) is 0.706. The van der Waals surface area contributed by atoms with E-state index in [1.54, 1.807) is 0 Å². The van der Waals surface area contributed by atoms with E-state index in [1.165, 1.54) is 24.1 Å². The minimum absolute atomic E-state index is 0.451. The van der Waals surface area contributed by atoms with E-state index in [9.17, 15) is 0 Å². The Balaban J connectivity index is 2.50. The van der Waals surface area contributed by atoms with Crippen LogP contribution in [-0.2, 0) is 6.42 Å². The Morgan fingerprint density at radius 2 is 2.00 bits per heavy atom. The van der Waals surface area contributed by atoms with Crippen LogP contribution in [-0.4, -0.2) is 4.98 Å². The fourth-order valence-electron chi connectivity index (χ4n) is 1.29. The van der Waals surface area contributed by atoms with Crippen LogP contribution in [0.3, 0.4) is 0 Å². The molecular weight excluding hydrogens is 170 g/mol. The van der Waals surface area contributed by atoms with Gasteiger partial charge in [0.2, 0.25) is 0 Å². The second-order valence-corrected chi connectivity index (χ2v) is 4.84. The molecule has 0 bridgehead atoms. The molecule has 0 spiro atoms. The maximum absolute atomic E-state index is 4.42. The number of pyridine rings is 1. The number of hydrogen-bond acceptors (Lipinski definition) is 1. The van der Waals surface area contributed by atoms with E-state index in [1.807, 2.05) is 6.20 Å². The Labute approximate surface area is 87.6 Å². The highest BCUT2D eigenvalue weighted by Crippen LogP contribution is 2.25. The van der Waals surface area contributed by atoms with Crippen molar-refractivity contribution in [2.75, 3.05) is 0 Å². The zero-order valence-corrected chi connectivity index (χ0v) is 9.80. The van der Waals surface area contributed by atoms with E-state index >= 15 is 0 Å². The Kier molecular flexibility index (Phi) is 3.68. The molecule has 1 aromatic rings. The Morgan fingerprint density at radius 3 is 2.50 bits per heavy atom. The summed E-state index contributed by atoms with van der Waals surface area (Å²) in [6, 6.07) is 4.28. The summed E-state index contributed by atoms with van der Waals surface area (Å²) >= 11 is 0. The van der Waals surface area contributed by atoms with Gasteiger partial charge in [-0.3, -0.25) is 4.98 Å². The molecule has 0 N–H and O–H groups in total. The highest BCUT2D eigenvalue weighted by molar-refractivity contribution is 5.12. The van der Waals surface area contributed by atoms with Gasteiger partial charge in [0.25, 0.3) is 0 Å². The third kappa shape index (κ3) is 3.49. The molecule has 1 heterocycles. The van der Waals surface area contributed by atoms with E-state index in [0.717, 1.165) is 6.42 Å². The van der Waals surface area contributed by atoms with Crippen LogP contribution >= 0.6 is 0 Å². The van der Waals surface area contributed by atoms with Crippen molar-refractivity contribution in [1.29, 1.82) is 0 Å². The van der Waals surface area contributed by atoms with E-state index in [0.29, 0.717) is 5.41 Å². The SMILES string of the molecule is CCC(C)(C)CCc1ccc(C)cn1. The lowest BCUT2D eigenvalue weighted by molar-refractivity contribution is 0.321. The van der Waals surface area contributed by atoms with Gasteiger partial charge < -0.3 is 0 Å². The largest absolute Gasteiger partial charge is 0.261 e. The summed E-state index contributed by atoms with van der Waals surface area (Å²) in [6.07, 6.45) is 5.51. The van der Waals surface area contributed by atoms with Crippen LogP contribution < -0.4 is 0 Å². The summed E-state index contributed by atoms with van der Waals surface area (Å²) in [5, 5.41) is 0. The molecule has 1 aromatic heterocycles. The first-order valence-corrected chi connectivity index (χ1v) is 5.45. The van der Waals surface area contributed by atoms with Crippen LogP contribution in [0.15, 0.2) is 18.3 Å². The molecular formula is C13H21N. The van der Waals surface area contributed by atoms with Gasteiger partial charge in [-0.15, -0.1) is 0 Å². The van der Waals surface area contributed by atoms with Gasteiger partial charge in [-0.1, -0.05) is 33.3 Å². The van der Waals surface area contributed by atoms with E-state index in [-0.39, 0.29) is 0 Å². The standard InChI is InChI=1S/C13H21N/c1-5-13(3,4)9-8-12-7-6-11(2)10-14-12/h6-7,10H,5,8-9H2,1-4H3. The molecule has 1 heteroatoms. The highest BCUT2D eigenvalue weighted by atomic mass is 14.7. The Morgan fingerprint density at radius 1 is 1.29 bits per heavy atom. The number of aromatic nitrogens is 1. The second kappa shape index (κ2) is 4.59. The van der Waals surface area contributed by atoms with Gasteiger partial charge in [-0.25, -0.2) is 0 Å². The number of hydrogen-bond donors (Lipinski definition) is 0. The first-order chi connectivity index (χ1) is 6.53. The van der Waals surface area contributed by atoms with Crippen molar-refractivity contribution in [3.05, 3.63) is 29.6 Å². The third-order valence-corrected chi connectivity index (χ3v) is 2.99. The third-order valence-electron chi connectivity index (χ3n) is 2.99. The topological polar surface area (TPSA) is 12.9 Å². The van der Waals surface area contributed by atoms with Crippen LogP contribution in [0.2, 0.25) is 0 Å². The summed E-state index contributed by atoms with van der Waals surface area (Å²) in [5.74, 6) is 0. The summed E-state index contributed by atoms with van der Waals surface area (Å²) in [5.41, 5.74) is 2.91. The molecule has 0 aliphatic heterocycles. The summed E-state index contributed by atoms with van der Waals surface area (Å²) in [6.45, 7) is 8.97. The molecule has 1 nitrogen and oxygen atoms in total. The highest BCUT2D eigenvalue weighted by Gasteiger charge is 2.14. The van der Waals surface area contributed by atoms with Gasteiger partial charge in [-0.2, -0.15) is 0 Å². The fraction of sp³-hybridized carbons (Fsp3) is 0.615. The van der Waals surface area contributed by atoms with E-state index < -0.39 is 0 Å². The van der Waals surface area contributed by atoms with Gasteiger partial charge in [0.15, 0.2) is 0 Å². The lowest BCUT2D eigenvalue weighted by atomic mass is 9.84. The van der Waals surface area contributed by atoms with Crippen LogP contribution in [0.5, 0.6) is 0 Å². The zero-order chi connectivity index (χ0) is 10.6. The smallest absolute Gasteiger partial charge is 0.0404 e. The molecule has 0 saturated heterocycles. The number of aryl methyl sites for hydroxylation is 2. The van der Waals surface area contributed by atoms with Crippen LogP contribution in [0.25, 0.3) is 0 Å². The van der Waals surface area contributed by atoms with E-state index in [4.69, 9.17) is 0 Å². The molecule has 0 radical (unpaired) electrons. The maximum Gasteiger partial charge on any atom is 0.0404 e. The van der Waals surface area contributed by atoms with E-state index in [2.05, 4.69) is 44.8 Å². The molecule has 0 saturated carbocycles. The number of rotatable bonds is 4. The molecule has 0 fully saturated rings. The van der Waals surface area contributed by atoms with Crippen molar-refractivity contribution in [2.24, 2.45) is 5.41 Å². The molecule has 0 aromatic carbocycles. The molecule has 0 unspecified atom stereocenters. The van der Waals surface area contributed by atoms with Gasteiger partial charge in [0.1, 0.15) is 0 Å². The molecule has 0 atom stereocenters. The minimum Gasteiger partial charge on any atom is -0.261 e. The van der Waals surface area contributed by atoms with Crippen LogP contribution in [0.1, 0.15) is 44.9 Å². The minimum atomic E-state index is 0.451. The summed E-state index contributed by atoms with van der Waals surface area (Å²) in [4.78, 5) is 4.42. The predicted molar refractivity (Wildman–Crippen MR) is 61.4 cm³/mol. The van der Waals surface area contributed by atoms with Gasteiger partial charge in [0, 0.05) is 11.9 Å². The lowest BCUT2D eigenvalue weighted by Crippen LogP contribution is -2.11. The number of nitrogens with zero attached hydrogens (tertiary/aromatic N) is 1. The molecule has 0 aliphatic rings. The zero-order valence-electron chi connectivity index (χ0n) is 9.80. The molecule has 78 valence electrons. The Bertz CT molecular complexity index is 272. The molecule has 0 amide bonds. The maximum atomic E-state index is 4.42. The predicted octanol–water partition coefficient (Wildman–Crippen LogP) is 3.76. The van der Waals surface area contributed by atoms with Gasteiger partial charge in [-0.05, 0) is 36.8 Å². The second-order valence-electron chi connectivity index (χ2n) is 4.84. The first kappa shape index (κ1) is 11.2. The average molecular weight is 191 g/mol. The van der Waals surface area contributed by atoms with Crippen LogP contribution in [0, 0.1) is 12.3 Å². The molecule has 14 heavy (non-hydrogen) atoms. The van der Waals surface area contributed by atoms with Crippen molar-refractivity contribution >= 4 is 0 Å². The van der Waals surface area contributed by atoms with Gasteiger partial charge >= 0.3 is 0 Å². The van der Waals surface area contributed by atoms with Crippen LogP contribution in [0.4, 0.5) is 0 Å². The summed E-state index contributed by atoms with van der Waals surface area (Å²) in [7, 11) is 0. The normalized spacial score (nSPS) is 11.7. The van der Waals surface area contributed by atoms with Crippen molar-refractivity contribution in [3.8, 4) is 0 Å². The van der Waals surface area contributed by atoms with Crippen molar-refractivity contribution < 1.29 is 0 Å². The monoisotopic (exact) mass is 191 g/mol. The first-order valence-electron chi connectivity index (χ1n) is 5.45. The average Bonchev–Trinajstić information content (AvgIpc) is 2.17.